The molecule has 748 valence electrons. The summed E-state index contributed by atoms with van der Waals surface area (Å²) >= 11 is 0. The maximum absolute atomic E-state index is 13.8. The van der Waals surface area contributed by atoms with Gasteiger partial charge in [-0.15, -0.1) is 0 Å². The molecular weight excluding hydrogens is 1940 g/mol. The van der Waals surface area contributed by atoms with E-state index >= 15 is 0 Å². The molecule has 50 heteroatoms. The van der Waals surface area contributed by atoms with Crippen molar-refractivity contribution in [2.24, 2.45) is 10.9 Å². The molecule has 0 atom stereocenters. The second kappa shape index (κ2) is 47.6. The highest BCUT2D eigenvalue weighted by Crippen LogP contribution is 2.39. The standard InChI is InChI=1S/C86H117N13O29S8/c1-58-53-65(26-29-75(58)97(41-17-51-131(111,112)113)60(3)20-13-19-59(2)87-39-16-50-130(108,109)110)82(102)88-38-11-7-9-24-80(100)89-66-34-45-95(46-35-66)85-91-84(94-43-32-64(33-44-94)83(103)104)92-86(93-85)96-47-36-67(37-48-96)90-81(101)25-10-8-12-40-98(76-30-27-71-73(62(76)5)54-69(133(117,118)119)56-78(71)135(123,124)125)61(4)21-14-22-68(23-15-49-129(105,106)107)99(42-18-52-132(114,115)116)77-31-28-72-74(63(77)6)55-70(134(120,121)122)57-79(72)136(126,127)128/h13-14,19-22,26-31,53-57,64,66-67H,7-12,15-18,23-25,32-52H2,1-6H3,(H11-,88,89,90,100,101,102,103,104,105,106,107,108,109,110,111,112,113,114,115,116,117,118,119,120,121,122,123,124,125,126,127,128)/p+1/b19-13+,60-20+,87-59-. The van der Waals surface area contributed by atoms with E-state index in [4.69, 9.17) is 19.5 Å². The number of hydrogen-bond acceptors (Lipinski definition) is 29. The fourth-order valence-electron chi connectivity index (χ4n) is 16.5. The molecular formula is C86H118N13O29S8+. The van der Waals surface area contributed by atoms with Crippen LogP contribution in [0.25, 0.3) is 21.5 Å². The number of nitrogens with one attached hydrogen (secondary N) is 3. The Morgan fingerprint density at radius 1 is 0.463 bits per heavy atom. The van der Waals surface area contributed by atoms with E-state index in [-0.39, 0.29) is 145 Å². The lowest BCUT2D eigenvalue weighted by atomic mass is 9.97. The van der Waals surface area contributed by atoms with E-state index in [0.29, 0.717) is 187 Å². The van der Waals surface area contributed by atoms with Gasteiger partial charge in [0, 0.05) is 166 Å². The summed E-state index contributed by atoms with van der Waals surface area (Å²) in [6.07, 6.45) is 15.5. The van der Waals surface area contributed by atoms with Gasteiger partial charge in [0.25, 0.3) is 86.9 Å². The summed E-state index contributed by atoms with van der Waals surface area (Å²) in [5, 5.41) is 18.6. The van der Waals surface area contributed by atoms with Crippen LogP contribution in [-0.4, -0.2) is 271 Å². The van der Waals surface area contributed by atoms with Crippen LogP contribution in [0.15, 0.2) is 139 Å². The number of aromatic nitrogens is 3. The number of piperidine rings is 3. The number of rotatable bonds is 48. The summed E-state index contributed by atoms with van der Waals surface area (Å²) in [6.45, 7) is 13.2. The number of hydrogen-bond donors (Lipinski definition) is 12. The van der Waals surface area contributed by atoms with Gasteiger partial charge in [-0.3, -0.25) is 60.6 Å². The molecule has 0 bridgehead atoms. The molecule has 0 spiro atoms. The highest BCUT2D eigenvalue weighted by molar-refractivity contribution is 7.88. The molecule has 0 unspecified atom stereocenters. The molecule has 136 heavy (non-hydrogen) atoms. The van der Waals surface area contributed by atoms with Gasteiger partial charge in [-0.05, 0) is 220 Å². The number of unbranched alkanes of at least 4 members (excludes halogenated alkanes) is 4. The molecule has 4 heterocycles. The molecule has 6 aromatic rings. The van der Waals surface area contributed by atoms with Crippen LogP contribution in [-0.2, 0) is 95.3 Å². The molecule has 3 fully saturated rings. The van der Waals surface area contributed by atoms with Crippen molar-refractivity contribution in [3.8, 4) is 0 Å². The van der Waals surface area contributed by atoms with Gasteiger partial charge in [-0.25, -0.2) is 0 Å². The van der Waals surface area contributed by atoms with Crippen molar-refractivity contribution in [3.63, 3.8) is 0 Å². The number of fused-ring (bicyclic) bond motifs is 2. The quantitative estimate of drug-likeness (QED) is 0.00556. The van der Waals surface area contributed by atoms with Gasteiger partial charge in [0.15, 0.2) is 5.71 Å². The summed E-state index contributed by atoms with van der Waals surface area (Å²) in [6, 6.07) is 13.3. The lowest BCUT2D eigenvalue weighted by Gasteiger charge is -2.36. The van der Waals surface area contributed by atoms with Crippen molar-refractivity contribution >= 4 is 173 Å². The first kappa shape index (κ1) is 110. The number of benzene rings is 5. The van der Waals surface area contributed by atoms with Gasteiger partial charge in [-0.2, -0.15) is 86.9 Å². The molecule has 9 rings (SSSR count). The first-order chi connectivity index (χ1) is 63.5. The van der Waals surface area contributed by atoms with Crippen molar-refractivity contribution in [2.45, 2.75) is 195 Å². The number of carboxylic acids is 1. The van der Waals surface area contributed by atoms with Crippen molar-refractivity contribution < 1.29 is 133 Å². The predicted octanol–water partition coefficient (Wildman–Crippen LogP) is 9.09. The highest BCUT2D eigenvalue weighted by atomic mass is 32.2. The molecule has 12 N–H and O–H groups in total. The molecule has 3 aliphatic rings. The topological polar surface area (TPSA) is 630 Å². The van der Waals surface area contributed by atoms with E-state index in [0.717, 1.165) is 17.7 Å². The second-order valence-corrected chi connectivity index (χ2v) is 45.7. The Hall–Kier alpha value is -9.91. The van der Waals surface area contributed by atoms with Crippen LogP contribution in [0.4, 0.5) is 34.9 Å². The van der Waals surface area contributed by atoms with Gasteiger partial charge in [0.2, 0.25) is 35.3 Å². The third-order valence-corrected chi connectivity index (χ3v) is 30.3. The van der Waals surface area contributed by atoms with Crippen molar-refractivity contribution in [1.29, 1.82) is 0 Å². The van der Waals surface area contributed by atoms with Gasteiger partial charge < -0.3 is 45.6 Å². The van der Waals surface area contributed by atoms with Gasteiger partial charge in [0.1, 0.15) is 16.3 Å². The maximum Gasteiger partial charge on any atom is 0.306 e. The largest absolute Gasteiger partial charge is 0.481 e. The van der Waals surface area contributed by atoms with Crippen LogP contribution in [0.5, 0.6) is 0 Å². The van der Waals surface area contributed by atoms with Gasteiger partial charge in [-0.1, -0.05) is 31.1 Å². The van der Waals surface area contributed by atoms with Crippen LogP contribution < -0.4 is 40.4 Å². The number of carbonyl (C=O) groups excluding carboxylic acids is 3. The third kappa shape index (κ3) is 33.4. The number of allylic oxidation sites excluding steroid dienone is 8. The molecule has 0 saturated carbocycles. The van der Waals surface area contributed by atoms with E-state index in [1.807, 2.05) is 33.4 Å². The fraction of sp³-hybridized carbons (Fsp3) is 0.500. The summed E-state index contributed by atoms with van der Waals surface area (Å²) in [4.78, 5) is 77.9. The Labute approximate surface area is 793 Å². The Bertz CT molecular complexity index is 6610. The molecule has 42 nitrogen and oxygen atoms in total. The molecule has 1 aromatic heterocycles. The van der Waals surface area contributed by atoms with Crippen LogP contribution in [0.2, 0.25) is 0 Å². The smallest absolute Gasteiger partial charge is 0.306 e. The van der Waals surface area contributed by atoms with E-state index in [1.54, 1.807) is 61.3 Å². The average molecular weight is 2050 g/mol. The van der Waals surface area contributed by atoms with E-state index in [9.17, 15) is 123 Å². The Morgan fingerprint density at radius 3 is 1.38 bits per heavy atom. The lowest BCUT2D eigenvalue weighted by molar-refractivity contribution is -0.441. The van der Waals surface area contributed by atoms with E-state index < -0.39 is 135 Å². The Morgan fingerprint density at radius 2 is 0.897 bits per heavy atom. The third-order valence-electron chi connectivity index (χ3n) is 23.6. The van der Waals surface area contributed by atoms with Crippen LogP contribution in [0.1, 0.15) is 170 Å². The number of aliphatic carboxylic acids is 1. The highest BCUT2D eigenvalue weighted by Gasteiger charge is 2.34. The van der Waals surface area contributed by atoms with Crippen molar-refractivity contribution in [1.82, 2.24) is 30.9 Å². The number of carboxylic acid groups (broad SMARTS) is 1. The van der Waals surface area contributed by atoms with Gasteiger partial charge in [0.05, 0.1) is 38.7 Å². The summed E-state index contributed by atoms with van der Waals surface area (Å²) in [5.74, 6) is -3.35. The molecule has 3 aliphatic heterocycles. The Balaban J connectivity index is 0.827. The average Bonchev–Trinajstić information content (AvgIpc) is 0.752. The number of aryl methyl sites for hydroxylation is 3. The van der Waals surface area contributed by atoms with Crippen molar-refractivity contribution in [3.05, 3.63) is 137 Å². The number of nitrogens with zero attached hydrogens (tertiary/aromatic N) is 10. The maximum atomic E-state index is 13.8. The SMILES string of the molecule is CC(/C=C/C=C(\C)N(CCCS(=O)(=O)O)c1ccc(C(=O)NCCCCCC(=O)NC2CCN(c3nc(N4CCC(NC(=O)CCCCCN(/C(C)=C/C=C/C(CCCS(=O)(=O)O)=[N+](\CCCS(=O)(=O)O)c5ccc6c(S(=O)(=O)O)cc(S(=O)(=O)O)cc6c5C)c5ccc6c(S(=O)(=O)O)cc(S(=O)(=O)O)cc6c5C)CC4)nc(N4CCC(C(=O)O)CC4)n3)CC2)cc1C)=N/CCCS(=O)(=O)O. The minimum atomic E-state index is -5.17. The number of aliphatic imine (C=N–C) groups is 1. The minimum Gasteiger partial charge on any atom is -0.481 e. The summed E-state index contributed by atoms with van der Waals surface area (Å²) in [7, 11) is -38.1. The first-order valence-corrected chi connectivity index (χ1v) is 56.2. The normalized spacial score (nSPS) is 15.8. The number of amides is 3. The monoisotopic (exact) mass is 2050 g/mol. The lowest BCUT2D eigenvalue weighted by Crippen LogP contribution is -2.46. The molecule has 0 radical (unpaired) electrons. The van der Waals surface area contributed by atoms with Crippen LogP contribution in [0, 0.1) is 26.7 Å². The number of anilines is 5. The zero-order valence-electron chi connectivity index (χ0n) is 76.0. The molecule has 3 saturated heterocycles. The summed E-state index contributed by atoms with van der Waals surface area (Å²) in [5.41, 5.74) is 4.55. The number of carbonyl (C=O) groups is 4. The van der Waals surface area contributed by atoms with Crippen LogP contribution in [0.3, 0.4) is 0 Å². The zero-order valence-corrected chi connectivity index (χ0v) is 82.5. The molecule has 5 aromatic carbocycles. The van der Waals surface area contributed by atoms with Gasteiger partial charge >= 0.3 is 5.97 Å². The predicted molar refractivity (Wildman–Crippen MR) is 513 cm³/mol. The molecule has 3 amide bonds. The fourth-order valence-corrected chi connectivity index (χ4v) is 21.2. The van der Waals surface area contributed by atoms with Crippen molar-refractivity contribution in [2.75, 3.05) is 120 Å². The van der Waals surface area contributed by atoms with Crippen LogP contribution >= 0.6 is 0 Å². The first-order valence-electron chi connectivity index (χ1n) is 44.0. The summed E-state index contributed by atoms with van der Waals surface area (Å²) < 4.78 is 276. The second-order valence-electron chi connectivity index (χ2n) is 33.8. The zero-order chi connectivity index (χ0) is 100. The molecule has 0 aliphatic carbocycles. The van der Waals surface area contributed by atoms with E-state index in [1.165, 1.54) is 54.8 Å². The Kier molecular flexibility index (Phi) is 38.4. The minimum absolute atomic E-state index is 0.0145. The van der Waals surface area contributed by atoms with E-state index in [2.05, 4.69) is 20.9 Å².